The standard InChI is InChI=1S/C13H24N2O2/c1-14-9-12-10-17-8-7-15(12)13(16)11-5-3-2-4-6-11/h11-12,14H,2-10H2,1H3. The molecule has 4 heteroatoms. The summed E-state index contributed by atoms with van der Waals surface area (Å²) in [7, 11) is 1.93. The van der Waals surface area contributed by atoms with E-state index in [9.17, 15) is 4.79 Å². The molecule has 1 amide bonds. The van der Waals surface area contributed by atoms with Crippen molar-refractivity contribution in [3.05, 3.63) is 0 Å². The summed E-state index contributed by atoms with van der Waals surface area (Å²) in [6, 6.07) is 0.225. The molecule has 98 valence electrons. The van der Waals surface area contributed by atoms with Crippen molar-refractivity contribution in [2.45, 2.75) is 38.1 Å². The van der Waals surface area contributed by atoms with Crippen molar-refractivity contribution in [2.24, 2.45) is 5.92 Å². The van der Waals surface area contributed by atoms with Crippen molar-refractivity contribution < 1.29 is 9.53 Å². The van der Waals surface area contributed by atoms with Crippen molar-refractivity contribution in [3.63, 3.8) is 0 Å². The second-order valence-corrected chi connectivity index (χ2v) is 5.15. The monoisotopic (exact) mass is 240 g/mol. The number of carbonyl (C=O) groups excluding carboxylic acids is 1. The van der Waals surface area contributed by atoms with E-state index in [-0.39, 0.29) is 12.0 Å². The van der Waals surface area contributed by atoms with E-state index < -0.39 is 0 Å². The highest BCUT2D eigenvalue weighted by Crippen LogP contribution is 2.26. The van der Waals surface area contributed by atoms with Gasteiger partial charge in [0.05, 0.1) is 19.3 Å². The summed E-state index contributed by atoms with van der Waals surface area (Å²) in [5, 5.41) is 3.15. The molecule has 0 aromatic heterocycles. The van der Waals surface area contributed by atoms with Crippen LogP contribution in [-0.4, -0.2) is 50.2 Å². The van der Waals surface area contributed by atoms with Gasteiger partial charge < -0.3 is 15.0 Å². The van der Waals surface area contributed by atoms with Gasteiger partial charge in [-0.25, -0.2) is 0 Å². The summed E-state index contributed by atoms with van der Waals surface area (Å²) >= 11 is 0. The van der Waals surface area contributed by atoms with Crippen LogP contribution in [0.3, 0.4) is 0 Å². The van der Waals surface area contributed by atoms with Crippen LogP contribution in [0.25, 0.3) is 0 Å². The van der Waals surface area contributed by atoms with E-state index in [2.05, 4.69) is 10.2 Å². The van der Waals surface area contributed by atoms with Crippen molar-refractivity contribution >= 4 is 5.91 Å². The van der Waals surface area contributed by atoms with Crippen molar-refractivity contribution in [3.8, 4) is 0 Å². The van der Waals surface area contributed by atoms with Gasteiger partial charge in [0.2, 0.25) is 5.91 Å². The van der Waals surface area contributed by atoms with E-state index in [1.807, 2.05) is 7.05 Å². The fraction of sp³-hybridized carbons (Fsp3) is 0.923. The minimum atomic E-state index is 0.225. The first kappa shape index (κ1) is 12.8. The average molecular weight is 240 g/mol. The molecule has 0 radical (unpaired) electrons. The third kappa shape index (κ3) is 3.19. The average Bonchev–Trinajstić information content (AvgIpc) is 2.40. The van der Waals surface area contributed by atoms with Crippen LogP contribution >= 0.6 is 0 Å². The Labute approximate surface area is 104 Å². The maximum atomic E-state index is 12.5. The molecule has 17 heavy (non-hydrogen) atoms. The number of nitrogens with one attached hydrogen (secondary N) is 1. The molecule has 2 aliphatic rings. The maximum Gasteiger partial charge on any atom is 0.226 e. The first-order valence-corrected chi connectivity index (χ1v) is 6.85. The molecule has 4 nitrogen and oxygen atoms in total. The van der Waals surface area contributed by atoms with Gasteiger partial charge in [-0.2, -0.15) is 0 Å². The van der Waals surface area contributed by atoms with E-state index in [0.717, 1.165) is 25.9 Å². The molecule has 1 saturated carbocycles. The van der Waals surface area contributed by atoms with E-state index in [1.165, 1.54) is 19.3 Å². The quantitative estimate of drug-likeness (QED) is 0.800. The number of nitrogens with zero attached hydrogens (tertiary/aromatic N) is 1. The Hall–Kier alpha value is -0.610. The molecule has 1 saturated heterocycles. The van der Waals surface area contributed by atoms with Crippen LogP contribution in [0.15, 0.2) is 0 Å². The number of carbonyl (C=O) groups is 1. The van der Waals surface area contributed by atoms with Crippen molar-refractivity contribution in [2.75, 3.05) is 33.4 Å². The Bertz CT molecular complexity index is 250. The van der Waals surface area contributed by atoms with Gasteiger partial charge in [-0.3, -0.25) is 4.79 Å². The molecule has 1 aliphatic carbocycles. The van der Waals surface area contributed by atoms with Crippen LogP contribution in [0.2, 0.25) is 0 Å². The van der Waals surface area contributed by atoms with E-state index in [0.29, 0.717) is 19.1 Å². The third-order valence-electron chi connectivity index (χ3n) is 3.90. The lowest BCUT2D eigenvalue weighted by atomic mass is 9.88. The molecule has 0 spiro atoms. The van der Waals surface area contributed by atoms with Crippen molar-refractivity contribution in [1.29, 1.82) is 0 Å². The van der Waals surface area contributed by atoms with E-state index in [4.69, 9.17) is 4.74 Å². The second-order valence-electron chi connectivity index (χ2n) is 5.15. The number of ether oxygens (including phenoxy) is 1. The largest absolute Gasteiger partial charge is 0.377 e. The number of hydrogen-bond donors (Lipinski definition) is 1. The Morgan fingerprint density at radius 1 is 1.35 bits per heavy atom. The predicted molar refractivity (Wildman–Crippen MR) is 66.8 cm³/mol. The van der Waals surface area contributed by atoms with Gasteiger partial charge in [0.15, 0.2) is 0 Å². The fourth-order valence-electron chi connectivity index (χ4n) is 2.93. The van der Waals surface area contributed by atoms with Gasteiger partial charge in [0.25, 0.3) is 0 Å². The number of amides is 1. The molecule has 1 aliphatic heterocycles. The van der Waals surface area contributed by atoms with Gasteiger partial charge in [-0.1, -0.05) is 19.3 Å². The summed E-state index contributed by atoms with van der Waals surface area (Å²) in [6.07, 6.45) is 5.91. The Kier molecular flexibility index (Phi) is 4.80. The number of hydrogen-bond acceptors (Lipinski definition) is 3. The first-order valence-electron chi connectivity index (χ1n) is 6.85. The minimum absolute atomic E-state index is 0.225. The highest BCUT2D eigenvalue weighted by atomic mass is 16.5. The van der Waals surface area contributed by atoms with Crippen LogP contribution in [0, 0.1) is 5.92 Å². The molecular formula is C13H24N2O2. The third-order valence-corrected chi connectivity index (χ3v) is 3.90. The highest BCUT2D eigenvalue weighted by molar-refractivity contribution is 5.79. The Morgan fingerprint density at radius 3 is 2.82 bits per heavy atom. The van der Waals surface area contributed by atoms with Crippen LogP contribution in [0.4, 0.5) is 0 Å². The SMILES string of the molecule is CNCC1COCCN1C(=O)C1CCCCC1. The van der Waals surface area contributed by atoms with Crippen LogP contribution in [-0.2, 0) is 9.53 Å². The molecule has 1 unspecified atom stereocenters. The molecule has 2 rings (SSSR count). The van der Waals surface area contributed by atoms with Crippen molar-refractivity contribution in [1.82, 2.24) is 10.2 Å². The Morgan fingerprint density at radius 2 is 2.12 bits per heavy atom. The maximum absolute atomic E-state index is 12.5. The molecule has 2 fully saturated rings. The molecule has 0 aromatic carbocycles. The van der Waals surface area contributed by atoms with E-state index in [1.54, 1.807) is 0 Å². The van der Waals surface area contributed by atoms with E-state index >= 15 is 0 Å². The molecule has 1 N–H and O–H groups in total. The first-order chi connectivity index (χ1) is 8.33. The molecule has 1 heterocycles. The lowest BCUT2D eigenvalue weighted by Gasteiger charge is -2.38. The number of morpholine rings is 1. The highest BCUT2D eigenvalue weighted by Gasteiger charge is 2.32. The van der Waals surface area contributed by atoms with Crippen LogP contribution in [0.5, 0.6) is 0 Å². The molecule has 1 atom stereocenters. The molecule has 0 bridgehead atoms. The zero-order valence-electron chi connectivity index (χ0n) is 10.8. The van der Waals surface area contributed by atoms with Gasteiger partial charge in [0, 0.05) is 19.0 Å². The predicted octanol–water partition coefficient (Wildman–Crippen LogP) is 1.01. The molecule has 0 aromatic rings. The lowest BCUT2D eigenvalue weighted by molar-refractivity contribution is -0.145. The van der Waals surface area contributed by atoms with Crippen LogP contribution in [0.1, 0.15) is 32.1 Å². The number of likely N-dealkylation sites (N-methyl/N-ethyl adjacent to an activating group) is 1. The Balaban J connectivity index is 1.94. The summed E-state index contributed by atoms with van der Waals surface area (Å²) in [5.74, 6) is 0.648. The minimum Gasteiger partial charge on any atom is -0.377 e. The van der Waals surface area contributed by atoms with Crippen LogP contribution < -0.4 is 5.32 Å². The summed E-state index contributed by atoms with van der Waals surface area (Å²) in [5.41, 5.74) is 0. The smallest absolute Gasteiger partial charge is 0.226 e. The summed E-state index contributed by atoms with van der Waals surface area (Å²) in [4.78, 5) is 14.5. The zero-order valence-corrected chi connectivity index (χ0v) is 10.8. The van der Waals surface area contributed by atoms with Gasteiger partial charge in [0.1, 0.15) is 0 Å². The fourth-order valence-corrected chi connectivity index (χ4v) is 2.93. The zero-order chi connectivity index (χ0) is 12.1. The topological polar surface area (TPSA) is 41.6 Å². The second kappa shape index (κ2) is 6.36. The molecular weight excluding hydrogens is 216 g/mol. The summed E-state index contributed by atoms with van der Waals surface area (Å²) in [6.45, 7) is 2.97. The normalized spacial score (nSPS) is 27.1. The number of rotatable bonds is 3. The van der Waals surface area contributed by atoms with Gasteiger partial charge in [-0.05, 0) is 19.9 Å². The van der Waals surface area contributed by atoms with Gasteiger partial charge >= 0.3 is 0 Å². The van der Waals surface area contributed by atoms with Gasteiger partial charge in [-0.15, -0.1) is 0 Å². The lowest BCUT2D eigenvalue weighted by Crippen LogP contribution is -2.54. The summed E-state index contributed by atoms with van der Waals surface area (Å²) < 4.78 is 5.47.